The molecule has 0 saturated carbocycles. The van der Waals surface area contributed by atoms with Gasteiger partial charge in [0.1, 0.15) is 0 Å². The average molecular weight is 223 g/mol. The minimum absolute atomic E-state index is 0.642. The average Bonchev–Trinajstić information content (AvgIpc) is 2.56. The maximum Gasteiger partial charge on any atom is 0.0759 e. The van der Waals surface area contributed by atoms with Gasteiger partial charge in [-0.05, 0) is 18.3 Å². The van der Waals surface area contributed by atoms with Crippen LogP contribution in [0.1, 0.15) is 40.3 Å². The van der Waals surface area contributed by atoms with Gasteiger partial charge in [0.05, 0.1) is 17.6 Å². The van der Waals surface area contributed by atoms with Crippen molar-refractivity contribution in [2.75, 3.05) is 11.9 Å². The maximum atomic E-state index is 4.46. The van der Waals surface area contributed by atoms with Gasteiger partial charge in [-0.2, -0.15) is 5.10 Å². The summed E-state index contributed by atoms with van der Waals surface area (Å²) in [5.41, 5.74) is 2.53. The molecule has 0 saturated heterocycles. The summed E-state index contributed by atoms with van der Waals surface area (Å²) in [7, 11) is 0. The fourth-order valence-corrected chi connectivity index (χ4v) is 1.75. The van der Waals surface area contributed by atoms with Crippen LogP contribution < -0.4 is 5.32 Å². The van der Waals surface area contributed by atoms with Crippen molar-refractivity contribution < 1.29 is 0 Å². The number of nitrogens with zero attached hydrogens (tertiary/aromatic N) is 2. The lowest BCUT2D eigenvalue weighted by molar-refractivity contribution is 0.470. The molecule has 92 valence electrons. The van der Waals surface area contributed by atoms with E-state index in [2.05, 4.69) is 49.7 Å². The third-order valence-electron chi connectivity index (χ3n) is 2.52. The lowest BCUT2D eigenvalue weighted by atomic mass is 10.2. The molecule has 1 heterocycles. The molecular formula is C13H25N3. The fraction of sp³-hybridized carbons (Fsp3) is 0.769. The molecule has 0 aliphatic carbocycles. The van der Waals surface area contributed by atoms with Crippen molar-refractivity contribution in [3.63, 3.8) is 0 Å². The highest BCUT2D eigenvalue weighted by Gasteiger charge is 2.09. The Labute approximate surface area is 99.2 Å². The molecule has 0 atom stereocenters. The first-order valence-electron chi connectivity index (χ1n) is 6.33. The molecule has 0 aliphatic rings. The lowest BCUT2D eigenvalue weighted by Gasteiger charge is -2.12. The Hall–Kier alpha value is -0.990. The van der Waals surface area contributed by atoms with Gasteiger partial charge in [-0.15, -0.1) is 0 Å². The van der Waals surface area contributed by atoms with Gasteiger partial charge in [-0.3, -0.25) is 4.68 Å². The third kappa shape index (κ3) is 3.54. The van der Waals surface area contributed by atoms with Gasteiger partial charge in [-0.25, -0.2) is 0 Å². The van der Waals surface area contributed by atoms with Crippen LogP contribution >= 0.6 is 0 Å². The van der Waals surface area contributed by atoms with Crippen LogP contribution in [-0.2, 0) is 13.0 Å². The molecule has 1 aromatic rings. The molecule has 0 fully saturated rings. The second-order valence-corrected chi connectivity index (χ2v) is 5.21. The Morgan fingerprint density at radius 2 is 1.94 bits per heavy atom. The molecule has 0 aromatic carbocycles. The molecule has 1 aromatic heterocycles. The number of hydrogen-bond donors (Lipinski definition) is 1. The first kappa shape index (κ1) is 13.1. The largest absolute Gasteiger partial charge is 0.382 e. The normalized spacial score (nSPS) is 11.4. The van der Waals surface area contributed by atoms with Crippen LogP contribution in [0.15, 0.2) is 6.20 Å². The summed E-state index contributed by atoms with van der Waals surface area (Å²) in [5, 5.41) is 7.93. The van der Waals surface area contributed by atoms with Gasteiger partial charge in [-0.1, -0.05) is 34.6 Å². The molecule has 0 radical (unpaired) electrons. The van der Waals surface area contributed by atoms with Crippen molar-refractivity contribution in [2.45, 2.75) is 47.6 Å². The van der Waals surface area contributed by atoms with Crippen LogP contribution in [0.25, 0.3) is 0 Å². The van der Waals surface area contributed by atoms with Crippen molar-refractivity contribution >= 4 is 5.69 Å². The van der Waals surface area contributed by atoms with Gasteiger partial charge >= 0.3 is 0 Å². The zero-order chi connectivity index (χ0) is 12.1. The highest BCUT2D eigenvalue weighted by molar-refractivity contribution is 5.46. The Morgan fingerprint density at radius 3 is 2.44 bits per heavy atom. The van der Waals surface area contributed by atoms with Gasteiger partial charge in [0, 0.05) is 13.1 Å². The highest BCUT2D eigenvalue weighted by atomic mass is 15.3. The molecule has 0 amide bonds. The van der Waals surface area contributed by atoms with E-state index in [1.165, 1.54) is 11.4 Å². The van der Waals surface area contributed by atoms with E-state index in [9.17, 15) is 0 Å². The number of hydrogen-bond acceptors (Lipinski definition) is 2. The molecule has 3 nitrogen and oxygen atoms in total. The number of aromatic nitrogens is 2. The Morgan fingerprint density at radius 1 is 1.25 bits per heavy atom. The maximum absolute atomic E-state index is 4.46. The number of anilines is 1. The van der Waals surface area contributed by atoms with Crippen LogP contribution in [0.2, 0.25) is 0 Å². The standard InChI is InChI=1S/C13H25N3/c1-6-13-12(14-7-10(2)3)8-15-16(13)9-11(4)5/h8,10-11,14H,6-7,9H2,1-5H3. The van der Waals surface area contributed by atoms with E-state index in [1.54, 1.807) is 0 Å². The first-order valence-corrected chi connectivity index (χ1v) is 6.33. The molecule has 1 N–H and O–H groups in total. The molecule has 1 rings (SSSR count). The highest BCUT2D eigenvalue weighted by Crippen LogP contribution is 2.17. The Kier molecular flexibility index (Phi) is 4.84. The quantitative estimate of drug-likeness (QED) is 0.802. The van der Waals surface area contributed by atoms with Crippen molar-refractivity contribution in [3.05, 3.63) is 11.9 Å². The van der Waals surface area contributed by atoms with E-state index in [0.717, 1.165) is 19.5 Å². The number of rotatable bonds is 6. The van der Waals surface area contributed by atoms with Crippen LogP contribution in [0, 0.1) is 11.8 Å². The van der Waals surface area contributed by atoms with E-state index in [0.29, 0.717) is 11.8 Å². The molecule has 0 bridgehead atoms. The summed E-state index contributed by atoms with van der Waals surface area (Å²) < 4.78 is 2.13. The molecule has 0 spiro atoms. The predicted octanol–water partition coefficient (Wildman–Crippen LogP) is 3.17. The van der Waals surface area contributed by atoms with Crippen molar-refractivity contribution in [3.8, 4) is 0 Å². The lowest BCUT2D eigenvalue weighted by Crippen LogP contribution is -2.12. The van der Waals surface area contributed by atoms with Crippen molar-refractivity contribution in [1.29, 1.82) is 0 Å². The van der Waals surface area contributed by atoms with E-state index < -0.39 is 0 Å². The predicted molar refractivity (Wildman–Crippen MR) is 69.8 cm³/mol. The van der Waals surface area contributed by atoms with Gasteiger partial charge < -0.3 is 5.32 Å². The van der Waals surface area contributed by atoms with Gasteiger partial charge in [0.2, 0.25) is 0 Å². The molecule has 0 unspecified atom stereocenters. The van der Waals surface area contributed by atoms with E-state index in [4.69, 9.17) is 0 Å². The summed E-state index contributed by atoms with van der Waals surface area (Å²) >= 11 is 0. The molecule has 3 heteroatoms. The van der Waals surface area contributed by atoms with Crippen LogP contribution in [0.3, 0.4) is 0 Å². The summed E-state index contributed by atoms with van der Waals surface area (Å²) in [5.74, 6) is 1.31. The van der Waals surface area contributed by atoms with Crippen LogP contribution in [0.4, 0.5) is 5.69 Å². The zero-order valence-electron chi connectivity index (χ0n) is 11.2. The van der Waals surface area contributed by atoms with E-state index in [1.807, 2.05) is 6.20 Å². The van der Waals surface area contributed by atoms with E-state index in [-0.39, 0.29) is 0 Å². The minimum atomic E-state index is 0.642. The Balaban J connectivity index is 2.73. The van der Waals surface area contributed by atoms with E-state index >= 15 is 0 Å². The zero-order valence-corrected chi connectivity index (χ0v) is 11.2. The van der Waals surface area contributed by atoms with Crippen molar-refractivity contribution in [2.24, 2.45) is 11.8 Å². The van der Waals surface area contributed by atoms with Crippen molar-refractivity contribution in [1.82, 2.24) is 9.78 Å². The summed E-state index contributed by atoms with van der Waals surface area (Å²) in [6.45, 7) is 13.1. The molecule has 16 heavy (non-hydrogen) atoms. The van der Waals surface area contributed by atoms with Crippen LogP contribution in [-0.4, -0.2) is 16.3 Å². The van der Waals surface area contributed by atoms with Gasteiger partial charge in [0.25, 0.3) is 0 Å². The van der Waals surface area contributed by atoms with Crippen LogP contribution in [0.5, 0.6) is 0 Å². The van der Waals surface area contributed by atoms with Gasteiger partial charge in [0.15, 0.2) is 0 Å². The Bertz CT molecular complexity index is 313. The smallest absolute Gasteiger partial charge is 0.0759 e. The topological polar surface area (TPSA) is 29.9 Å². The first-order chi connectivity index (χ1) is 7.54. The fourth-order valence-electron chi connectivity index (χ4n) is 1.75. The summed E-state index contributed by atoms with van der Waals surface area (Å²) in [4.78, 5) is 0. The summed E-state index contributed by atoms with van der Waals surface area (Å²) in [6, 6.07) is 0. The summed E-state index contributed by atoms with van der Waals surface area (Å²) in [6.07, 6.45) is 3.00. The molecular weight excluding hydrogens is 198 g/mol. The second-order valence-electron chi connectivity index (χ2n) is 5.21. The second kappa shape index (κ2) is 5.92. The SMILES string of the molecule is CCc1c(NCC(C)C)cnn1CC(C)C. The third-order valence-corrected chi connectivity index (χ3v) is 2.52. The molecule has 0 aliphatic heterocycles. The monoisotopic (exact) mass is 223 g/mol. The number of nitrogens with one attached hydrogen (secondary N) is 1. The minimum Gasteiger partial charge on any atom is -0.382 e.